The van der Waals surface area contributed by atoms with Crippen molar-refractivity contribution < 1.29 is 14.6 Å². The molecule has 1 aliphatic heterocycles. The van der Waals surface area contributed by atoms with E-state index in [-0.39, 0.29) is 11.9 Å². The molecular formula is C15H20N2O3. The van der Waals surface area contributed by atoms with Crippen molar-refractivity contribution in [3.63, 3.8) is 0 Å². The number of pyridine rings is 1. The average Bonchev–Trinajstić information content (AvgIpc) is 3.01. The van der Waals surface area contributed by atoms with Crippen LogP contribution in [0.5, 0.6) is 5.75 Å². The summed E-state index contributed by atoms with van der Waals surface area (Å²) in [6.45, 7) is 2.56. The van der Waals surface area contributed by atoms with Crippen molar-refractivity contribution in [2.45, 2.75) is 44.2 Å². The maximum atomic E-state index is 12.8. The number of hydrogen-bond acceptors (Lipinski definition) is 4. The molecule has 0 aromatic carbocycles. The first-order valence-electron chi connectivity index (χ1n) is 7.09. The van der Waals surface area contributed by atoms with Gasteiger partial charge in [0.15, 0.2) is 0 Å². The van der Waals surface area contributed by atoms with Gasteiger partial charge in [0.25, 0.3) is 5.91 Å². The Morgan fingerprint density at radius 3 is 2.95 bits per heavy atom. The van der Waals surface area contributed by atoms with Crippen LogP contribution in [0.1, 0.15) is 41.7 Å². The molecule has 1 amide bonds. The summed E-state index contributed by atoms with van der Waals surface area (Å²) in [6, 6.07) is 1.71. The van der Waals surface area contributed by atoms with E-state index in [9.17, 15) is 9.90 Å². The number of aryl methyl sites for hydroxylation is 1. The Hall–Kier alpha value is -1.62. The first-order valence-corrected chi connectivity index (χ1v) is 7.09. The van der Waals surface area contributed by atoms with E-state index in [1.54, 1.807) is 19.4 Å². The topological polar surface area (TPSA) is 62.7 Å². The van der Waals surface area contributed by atoms with E-state index in [0.717, 1.165) is 31.4 Å². The Morgan fingerprint density at radius 2 is 2.30 bits per heavy atom. The average molecular weight is 276 g/mol. The van der Waals surface area contributed by atoms with Crippen molar-refractivity contribution in [3.05, 3.63) is 23.5 Å². The monoisotopic (exact) mass is 276 g/mol. The van der Waals surface area contributed by atoms with E-state index in [2.05, 4.69) is 4.98 Å². The van der Waals surface area contributed by atoms with Crippen LogP contribution in [0, 0.1) is 6.92 Å². The van der Waals surface area contributed by atoms with Gasteiger partial charge in [0.1, 0.15) is 5.75 Å². The van der Waals surface area contributed by atoms with Crippen molar-refractivity contribution in [2.24, 2.45) is 0 Å². The van der Waals surface area contributed by atoms with Gasteiger partial charge in [-0.05, 0) is 38.7 Å². The zero-order chi connectivity index (χ0) is 14.3. The highest BCUT2D eigenvalue weighted by atomic mass is 16.5. The molecule has 0 radical (unpaired) electrons. The minimum absolute atomic E-state index is 0.0480. The number of aliphatic hydroxyl groups is 1. The van der Waals surface area contributed by atoms with E-state index < -0.39 is 5.60 Å². The maximum Gasteiger partial charge on any atom is 0.258 e. The third kappa shape index (κ3) is 2.16. The molecule has 2 aliphatic rings. The first-order chi connectivity index (χ1) is 9.55. The molecule has 1 N–H and O–H groups in total. The summed E-state index contributed by atoms with van der Waals surface area (Å²) < 4.78 is 5.25. The fraction of sp³-hybridized carbons (Fsp3) is 0.600. The molecule has 2 heterocycles. The molecule has 20 heavy (non-hydrogen) atoms. The molecule has 1 aromatic rings. The molecule has 3 rings (SSSR count). The van der Waals surface area contributed by atoms with Crippen LogP contribution in [0.15, 0.2) is 12.3 Å². The molecule has 0 bridgehead atoms. The Kier molecular flexibility index (Phi) is 3.17. The van der Waals surface area contributed by atoms with Crippen LogP contribution in [-0.4, -0.2) is 46.2 Å². The molecule has 5 nitrogen and oxygen atoms in total. The molecule has 0 spiro atoms. The number of amides is 1. The lowest BCUT2D eigenvalue weighted by Gasteiger charge is -2.29. The van der Waals surface area contributed by atoms with Gasteiger partial charge >= 0.3 is 0 Å². The number of methoxy groups -OCH3 is 1. The van der Waals surface area contributed by atoms with E-state index in [0.29, 0.717) is 17.9 Å². The molecule has 1 atom stereocenters. The molecule has 1 aliphatic carbocycles. The van der Waals surface area contributed by atoms with E-state index >= 15 is 0 Å². The summed E-state index contributed by atoms with van der Waals surface area (Å²) in [6.07, 6.45) is 5.01. The number of ether oxygens (including phenoxy) is 1. The van der Waals surface area contributed by atoms with Crippen molar-refractivity contribution in [3.8, 4) is 5.75 Å². The second-order valence-corrected chi connectivity index (χ2v) is 5.79. The quantitative estimate of drug-likeness (QED) is 0.909. The van der Waals surface area contributed by atoms with Crippen molar-refractivity contribution in [1.29, 1.82) is 0 Å². The highest BCUT2D eigenvalue weighted by Crippen LogP contribution is 2.45. The number of carbonyl (C=O) groups excluding carboxylic acids is 1. The first kappa shape index (κ1) is 13.4. The smallest absolute Gasteiger partial charge is 0.258 e. The molecule has 1 aromatic heterocycles. The molecule has 1 saturated carbocycles. The van der Waals surface area contributed by atoms with Gasteiger partial charge in [-0.3, -0.25) is 9.78 Å². The Bertz CT molecular complexity index is 540. The summed E-state index contributed by atoms with van der Waals surface area (Å²) >= 11 is 0. The summed E-state index contributed by atoms with van der Waals surface area (Å²) in [5.41, 5.74) is 0.674. The van der Waals surface area contributed by atoms with Crippen LogP contribution in [-0.2, 0) is 0 Å². The number of carbonyl (C=O) groups is 1. The second-order valence-electron chi connectivity index (χ2n) is 5.79. The lowest BCUT2D eigenvalue weighted by Crippen LogP contribution is -2.44. The number of aromatic nitrogens is 1. The minimum Gasteiger partial charge on any atom is -0.494 e. The van der Waals surface area contributed by atoms with Gasteiger partial charge in [0, 0.05) is 12.2 Å². The predicted octanol–water partition coefficient (Wildman–Crippen LogP) is 1.53. The van der Waals surface area contributed by atoms with Crippen LogP contribution in [0.2, 0.25) is 0 Å². The van der Waals surface area contributed by atoms with Gasteiger partial charge in [0.2, 0.25) is 0 Å². The number of rotatable bonds is 3. The van der Waals surface area contributed by atoms with Gasteiger partial charge in [-0.2, -0.15) is 0 Å². The fourth-order valence-corrected chi connectivity index (χ4v) is 3.06. The molecule has 1 saturated heterocycles. The molecule has 2 fully saturated rings. The highest BCUT2D eigenvalue weighted by molar-refractivity contribution is 5.97. The third-order valence-corrected chi connectivity index (χ3v) is 4.35. The number of likely N-dealkylation sites (tertiary alicyclic amines) is 1. The normalized spacial score (nSPS) is 23.8. The van der Waals surface area contributed by atoms with Gasteiger partial charge in [-0.15, -0.1) is 0 Å². The zero-order valence-corrected chi connectivity index (χ0v) is 11.9. The number of hydrogen-bond donors (Lipinski definition) is 1. The van der Waals surface area contributed by atoms with Crippen LogP contribution >= 0.6 is 0 Å². The molecule has 5 heteroatoms. The lowest BCUT2D eigenvalue weighted by molar-refractivity contribution is 0.0384. The standard InChI is InChI=1S/C15H20N2O3/c1-10-8-11(12(20-2)9-16-10)14(18)17-7-3-4-13(17)15(19)5-6-15/h8-9,13,19H,3-7H2,1-2H3. The Balaban J connectivity index is 1.90. The minimum atomic E-state index is -0.651. The van der Waals surface area contributed by atoms with Crippen molar-refractivity contribution in [2.75, 3.05) is 13.7 Å². The predicted molar refractivity (Wildman–Crippen MR) is 73.8 cm³/mol. The second kappa shape index (κ2) is 4.74. The third-order valence-electron chi connectivity index (χ3n) is 4.35. The largest absolute Gasteiger partial charge is 0.494 e. The Labute approximate surface area is 118 Å². The van der Waals surface area contributed by atoms with E-state index in [1.807, 2.05) is 11.8 Å². The van der Waals surface area contributed by atoms with Crippen LogP contribution in [0.25, 0.3) is 0 Å². The lowest BCUT2D eigenvalue weighted by atomic mass is 10.1. The van der Waals surface area contributed by atoms with E-state index in [4.69, 9.17) is 4.74 Å². The van der Waals surface area contributed by atoms with Gasteiger partial charge in [0.05, 0.1) is 30.5 Å². The zero-order valence-electron chi connectivity index (χ0n) is 11.9. The molecule has 1 unspecified atom stereocenters. The summed E-state index contributed by atoms with van der Waals surface area (Å²) in [5, 5.41) is 10.3. The van der Waals surface area contributed by atoms with Gasteiger partial charge in [-0.25, -0.2) is 0 Å². The summed E-state index contributed by atoms with van der Waals surface area (Å²) in [7, 11) is 1.54. The van der Waals surface area contributed by atoms with E-state index in [1.165, 1.54) is 0 Å². The number of nitrogens with zero attached hydrogens (tertiary/aromatic N) is 2. The highest BCUT2D eigenvalue weighted by Gasteiger charge is 2.52. The van der Waals surface area contributed by atoms with Crippen LogP contribution < -0.4 is 4.74 Å². The van der Waals surface area contributed by atoms with Gasteiger partial charge < -0.3 is 14.7 Å². The molecular weight excluding hydrogens is 256 g/mol. The van der Waals surface area contributed by atoms with Crippen molar-refractivity contribution in [1.82, 2.24) is 9.88 Å². The maximum absolute atomic E-state index is 12.8. The summed E-state index contributed by atoms with van der Waals surface area (Å²) in [4.78, 5) is 18.7. The van der Waals surface area contributed by atoms with Crippen molar-refractivity contribution >= 4 is 5.91 Å². The fourth-order valence-electron chi connectivity index (χ4n) is 3.06. The van der Waals surface area contributed by atoms with Crippen LogP contribution in [0.4, 0.5) is 0 Å². The van der Waals surface area contributed by atoms with Gasteiger partial charge in [-0.1, -0.05) is 0 Å². The van der Waals surface area contributed by atoms with Crippen LogP contribution in [0.3, 0.4) is 0 Å². The summed E-state index contributed by atoms with van der Waals surface area (Å²) in [5.74, 6) is 0.434. The SMILES string of the molecule is COc1cnc(C)cc1C(=O)N1CCCC1C1(O)CC1. The Morgan fingerprint density at radius 1 is 1.55 bits per heavy atom. The molecule has 108 valence electrons.